The first kappa shape index (κ1) is 20.8. The van der Waals surface area contributed by atoms with Crippen LogP contribution in [-0.4, -0.2) is 43.0 Å². The monoisotopic (exact) mass is 434 g/mol. The van der Waals surface area contributed by atoms with Crippen LogP contribution < -0.4 is 10.9 Å². The number of amides is 1. The summed E-state index contributed by atoms with van der Waals surface area (Å²) in [7, 11) is 0. The number of benzene rings is 1. The van der Waals surface area contributed by atoms with Gasteiger partial charge in [-0.3, -0.25) is 14.2 Å². The summed E-state index contributed by atoms with van der Waals surface area (Å²) in [4.78, 5) is 34.0. The van der Waals surface area contributed by atoms with Crippen LogP contribution in [-0.2, 0) is 13.1 Å². The van der Waals surface area contributed by atoms with Crippen molar-refractivity contribution in [1.29, 1.82) is 0 Å². The van der Waals surface area contributed by atoms with Gasteiger partial charge in [0.15, 0.2) is 5.65 Å². The number of hydrogen-bond donors (Lipinski definition) is 1. The Kier molecular flexibility index (Phi) is 6.13. The van der Waals surface area contributed by atoms with Crippen LogP contribution in [0, 0.1) is 6.92 Å². The molecular formula is C22H22N6O2S. The van der Waals surface area contributed by atoms with Gasteiger partial charge in [0.1, 0.15) is 16.7 Å². The molecule has 0 aliphatic heterocycles. The molecule has 0 spiro atoms. The quantitative estimate of drug-likeness (QED) is 0.449. The Balaban J connectivity index is 1.47. The molecule has 9 heteroatoms. The molecule has 1 N–H and O–H groups in total. The van der Waals surface area contributed by atoms with Gasteiger partial charge in [-0.25, -0.2) is 14.6 Å². The fourth-order valence-corrected chi connectivity index (χ4v) is 3.89. The van der Waals surface area contributed by atoms with Gasteiger partial charge in [-0.05, 0) is 36.4 Å². The second kappa shape index (κ2) is 9.13. The second-order valence-electron chi connectivity index (χ2n) is 7.03. The smallest absolute Gasteiger partial charge is 0.264 e. The van der Waals surface area contributed by atoms with Crippen molar-refractivity contribution in [3.05, 3.63) is 82.2 Å². The maximum atomic E-state index is 12.9. The normalized spacial score (nSPS) is 11.0. The first-order chi connectivity index (χ1) is 15.1. The van der Waals surface area contributed by atoms with E-state index < -0.39 is 0 Å². The third-order valence-corrected chi connectivity index (χ3v) is 5.75. The Bertz CT molecular complexity index is 1300. The molecule has 0 radical (unpaired) electrons. The average Bonchev–Trinajstić information content (AvgIpc) is 3.20. The van der Waals surface area contributed by atoms with Crippen LogP contribution in [0.15, 0.2) is 64.9 Å². The van der Waals surface area contributed by atoms with Gasteiger partial charge in [-0.1, -0.05) is 24.3 Å². The molecule has 0 bridgehead atoms. The molecule has 0 aliphatic carbocycles. The second-order valence-corrected chi connectivity index (χ2v) is 7.82. The SMILES string of the molecule is CSc1ncccc1C(=O)NCCn1ncc2c(=O)n(Cc3ccccc3C)cnc21. The van der Waals surface area contributed by atoms with Gasteiger partial charge >= 0.3 is 0 Å². The van der Waals surface area contributed by atoms with Crippen molar-refractivity contribution in [1.82, 2.24) is 29.6 Å². The van der Waals surface area contributed by atoms with E-state index in [1.807, 2.05) is 37.4 Å². The van der Waals surface area contributed by atoms with Crippen molar-refractivity contribution in [3.63, 3.8) is 0 Å². The van der Waals surface area contributed by atoms with E-state index >= 15 is 0 Å². The minimum Gasteiger partial charge on any atom is -0.350 e. The fraction of sp³-hybridized carbons (Fsp3) is 0.227. The predicted octanol–water partition coefficient (Wildman–Crippen LogP) is 2.50. The molecule has 0 unspecified atom stereocenters. The van der Waals surface area contributed by atoms with E-state index in [4.69, 9.17) is 0 Å². The standard InChI is InChI=1S/C22H22N6O2S/c1-15-6-3-4-7-16(15)13-27-14-25-19-18(22(27)30)12-26-28(19)11-10-23-20(29)17-8-5-9-24-21(17)31-2/h3-9,12,14H,10-11,13H2,1-2H3,(H,23,29). The molecule has 0 saturated carbocycles. The third-order valence-electron chi connectivity index (χ3n) is 5.04. The molecule has 3 heterocycles. The Morgan fingerprint density at radius 3 is 2.81 bits per heavy atom. The van der Waals surface area contributed by atoms with Crippen molar-refractivity contribution in [3.8, 4) is 0 Å². The van der Waals surface area contributed by atoms with Gasteiger partial charge in [0, 0.05) is 12.7 Å². The highest BCUT2D eigenvalue weighted by Gasteiger charge is 2.13. The van der Waals surface area contributed by atoms with Crippen LogP contribution in [0.25, 0.3) is 11.0 Å². The summed E-state index contributed by atoms with van der Waals surface area (Å²) in [6, 6.07) is 11.4. The molecule has 4 aromatic rings. The number of nitrogens with one attached hydrogen (secondary N) is 1. The van der Waals surface area contributed by atoms with Gasteiger partial charge in [0.25, 0.3) is 11.5 Å². The van der Waals surface area contributed by atoms with E-state index in [2.05, 4.69) is 20.4 Å². The lowest BCUT2D eigenvalue weighted by Crippen LogP contribution is -2.28. The van der Waals surface area contributed by atoms with E-state index in [0.29, 0.717) is 41.3 Å². The zero-order chi connectivity index (χ0) is 21.8. The van der Waals surface area contributed by atoms with Gasteiger partial charge < -0.3 is 5.32 Å². The van der Waals surface area contributed by atoms with Crippen LogP contribution >= 0.6 is 11.8 Å². The van der Waals surface area contributed by atoms with Crippen LogP contribution in [0.5, 0.6) is 0 Å². The first-order valence-electron chi connectivity index (χ1n) is 9.81. The lowest BCUT2D eigenvalue weighted by Gasteiger charge is -2.09. The number of aryl methyl sites for hydroxylation is 1. The predicted molar refractivity (Wildman–Crippen MR) is 120 cm³/mol. The van der Waals surface area contributed by atoms with E-state index in [0.717, 1.165) is 11.1 Å². The van der Waals surface area contributed by atoms with Crippen LogP contribution in [0.4, 0.5) is 0 Å². The van der Waals surface area contributed by atoms with Gasteiger partial charge in [-0.2, -0.15) is 5.10 Å². The van der Waals surface area contributed by atoms with Crippen LogP contribution in [0.1, 0.15) is 21.5 Å². The Labute approximate surface area is 183 Å². The molecule has 1 aromatic carbocycles. The number of pyridine rings is 1. The number of carbonyl (C=O) groups excluding carboxylic acids is 1. The van der Waals surface area contributed by atoms with E-state index in [1.165, 1.54) is 18.0 Å². The number of carbonyl (C=O) groups is 1. The zero-order valence-electron chi connectivity index (χ0n) is 17.3. The van der Waals surface area contributed by atoms with E-state index in [1.54, 1.807) is 33.9 Å². The third kappa shape index (κ3) is 4.36. The maximum absolute atomic E-state index is 12.9. The van der Waals surface area contributed by atoms with Crippen LogP contribution in [0.3, 0.4) is 0 Å². The summed E-state index contributed by atoms with van der Waals surface area (Å²) in [6.45, 7) is 3.23. The topological polar surface area (TPSA) is 94.7 Å². The lowest BCUT2D eigenvalue weighted by molar-refractivity contribution is 0.0948. The molecule has 0 saturated heterocycles. The van der Waals surface area contributed by atoms with Gasteiger partial charge in [-0.15, -0.1) is 11.8 Å². The number of aromatic nitrogens is 5. The molecule has 0 fully saturated rings. The minimum atomic E-state index is -0.192. The highest BCUT2D eigenvalue weighted by Crippen LogP contribution is 2.16. The molecule has 0 aliphatic rings. The van der Waals surface area contributed by atoms with E-state index in [-0.39, 0.29) is 11.5 Å². The number of nitrogens with zero attached hydrogens (tertiary/aromatic N) is 5. The molecule has 3 aromatic heterocycles. The lowest BCUT2D eigenvalue weighted by atomic mass is 10.1. The summed E-state index contributed by atoms with van der Waals surface area (Å²) < 4.78 is 3.22. The summed E-state index contributed by atoms with van der Waals surface area (Å²) >= 11 is 1.42. The Hall–Kier alpha value is -3.46. The van der Waals surface area contributed by atoms with Crippen molar-refractivity contribution < 1.29 is 4.79 Å². The summed E-state index contributed by atoms with van der Waals surface area (Å²) in [5, 5.41) is 8.31. The Morgan fingerprint density at radius 1 is 1.16 bits per heavy atom. The largest absolute Gasteiger partial charge is 0.350 e. The zero-order valence-corrected chi connectivity index (χ0v) is 18.1. The maximum Gasteiger partial charge on any atom is 0.264 e. The number of fused-ring (bicyclic) bond motifs is 1. The van der Waals surface area contributed by atoms with Gasteiger partial charge in [0.2, 0.25) is 0 Å². The van der Waals surface area contributed by atoms with Crippen LogP contribution in [0.2, 0.25) is 0 Å². The molecule has 31 heavy (non-hydrogen) atoms. The number of rotatable bonds is 7. The minimum absolute atomic E-state index is 0.136. The van der Waals surface area contributed by atoms with Crippen molar-refractivity contribution in [2.75, 3.05) is 12.8 Å². The fourth-order valence-electron chi connectivity index (χ4n) is 3.34. The first-order valence-corrected chi connectivity index (χ1v) is 11.0. The van der Waals surface area contributed by atoms with Gasteiger partial charge in [0.05, 0.1) is 24.8 Å². The van der Waals surface area contributed by atoms with Crippen molar-refractivity contribution >= 4 is 28.7 Å². The number of hydrogen-bond acceptors (Lipinski definition) is 6. The summed E-state index contributed by atoms with van der Waals surface area (Å²) in [6.07, 6.45) is 6.63. The molecule has 0 atom stereocenters. The molecule has 8 nitrogen and oxygen atoms in total. The molecule has 1 amide bonds. The summed E-state index contributed by atoms with van der Waals surface area (Å²) in [5.41, 5.74) is 3.10. The Morgan fingerprint density at radius 2 is 2.00 bits per heavy atom. The van der Waals surface area contributed by atoms with Crippen molar-refractivity contribution in [2.45, 2.75) is 25.0 Å². The van der Waals surface area contributed by atoms with E-state index in [9.17, 15) is 9.59 Å². The highest BCUT2D eigenvalue weighted by molar-refractivity contribution is 7.98. The molecule has 4 rings (SSSR count). The average molecular weight is 435 g/mol. The number of thioether (sulfide) groups is 1. The molecular weight excluding hydrogens is 412 g/mol. The van der Waals surface area contributed by atoms with Crippen molar-refractivity contribution in [2.24, 2.45) is 0 Å². The summed E-state index contributed by atoms with van der Waals surface area (Å²) in [5.74, 6) is -0.192. The highest BCUT2D eigenvalue weighted by atomic mass is 32.2. The molecule has 158 valence electrons.